The molecule has 16 heavy (non-hydrogen) atoms. The van der Waals surface area contributed by atoms with Gasteiger partial charge in [-0.1, -0.05) is 96.1 Å². The van der Waals surface area contributed by atoms with Gasteiger partial charge in [-0.15, -0.1) is 0 Å². The molecule has 0 heterocycles. The Bertz CT molecular complexity index is 155. The summed E-state index contributed by atoms with van der Waals surface area (Å²) < 4.78 is 0. The van der Waals surface area contributed by atoms with Gasteiger partial charge in [0.15, 0.2) is 0 Å². The van der Waals surface area contributed by atoms with Crippen LogP contribution in [-0.4, -0.2) is 7.28 Å². The molecule has 0 N–H and O–H groups in total. The summed E-state index contributed by atoms with van der Waals surface area (Å²) >= 11 is 0. The molecule has 1 aliphatic carbocycles. The molecule has 1 atom stereocenters. The fourth-order valence-corrected chi connectivity index (χ4v) is 2.93. The van der Waals surface area contributed by atoms with Crippen LogP contribution in [0, 0.1) is 5.92 Å². The van der Waals surface area contributed by atoms with Crippen LogP contribution in [0.1, 0.15) is 78.6 Å². The largest absolute Gasteiger partial charge is 0.127 e. The Morgan fingerprint density at radius 3 is 1.62 bits per heavy atom. The van der Waals surface area contributed by atoms with E-state index in [0.717, 1.165) is 17.6 Å². The van der Waals surface area contributed by atoms with Crippen LogP contribution in [0.2, 0.25) is 11.6 Å². The average molecular weight is 222 g/mol. The van der Waals surface area contributed by atoms with Gasteiger partial charge >= 0.3 is 0 Å². The van der Waals surface area contributed by atoms with Crippen LogP contribution in [0.3, 0.4) is 0 Å². The lowest BCUT2D eigenvalue weighted by molar-refractivity contribution is 0.495. The summed E-state index contributed by atoms with van der Waals surface area (Å²) in [7, 11) is 1.48. The molecule has 0 saturated heterocycles. The first-order chi connectivity index (χ1) is 7.70. The van der Waals surface area contributed by atoms with Gasteiger partial charge in [0, 0.05) is 0 Å². The molecule has 1 saturated carbocycles. The second-order valence-electron chi connectivity index (χ2n) is 6.38. The Kier molecular flexibility index (Phi) is 7.24. The Balaban J connectivity index is 2.29. The van der Waals surface area contributed by atoms with Gasteiger partial charge in [-0.3, -0.25) is 0 Å². The molecule has 0 aliphatic heterocycles. The third-order valence-electron chi connectivity index (χ3n) is 4.57. The highest BCUT2D eigenvalue weighted by Gasteiger charge is 2.17. The molecule has 0 amide bonds. The molecule has 94 valence electrons. The zero-order valence-electron chi connectivity index (χ0n) is 11.8. The SMILES string of the molecule is CC(C)C(C)BC1CCCCCCCCC1. The molecule has 0 aromatic carbocycles. The molecule has 1 rings (SSSR count). The van der Waals surface area contributed by atoms with Crippen molar-refractivity contribution in [3.8, 4) is 0 Å². The normalized spacial score (nSPS) is 23.0. The van der Waals surface area contributed by atoms with Gasteiger partial charge < -0.3 is 0 Å². The van der Waals surface area contributed by atoms with Crippen LogP contribution >= 0.6 is 0 Å². The third-order valence-corrected chi connectivity index (χ3v) is 4.57. The van der Waals surface area contributed by atoms with Crippen LogP contribution in [0.5, 0.6) is 0 Å². The number of rotatable bonds is 3. The van der Waals surface area contributed by atoms with Gasteiger partial charge in [0.1, 0.15) is 7.28 Å². The molecule has 0 nitrogen and oxygen atoms in total. The summed E-state index contributed by atoms with van der Waals surface area (Å²) in [5.74, 6) is 2.83. The Hall–Kier alpha value is 0.0649. The lowest BCUT2D eigenvalue weighted by Crippen LogP contribution is -2.14. The predicted molar refractivity (Wildman–Crippen MR) is 76.7 cm³/mol. The lowest BCUT2D eigenvalue weighted by atomic mass is 9.50. The van der Waals surface area contributed by atoms with E-state index in [9.17, 15) is 0 Å². The molecule has 0 radical (unpaired) electrons. The molecule has 1 unspecified atom stereocenters. The maximum atomic E-state index is 2.45. The summed E-state index contributed by atoms with van der Waals surface area (Å²) in [5, 5.41) is 0. The minimum Gasteiger partial charge on any atom is -0.0691 e. The highest BCUT2D eigenvalue weighted by Crippen LogP contribution is 2.30. The summed E-state index contributed by atoms with van der Waals surface area (Å²) in [6.45, 7) is 7.21. The van der Waals surface area contributed by atoms with Gasteiger partial charge in [0.25, 0.3) is 0 Å². The van der Waals surface area contributed by atoms with E-state index in [4.69, 9.17) is 0 Å². The summed E-state index contributed by atoms with van der Waals surface area (Å²) in [4.78, 5) is 0. The minimum atomic E-state index is 0.871. The quantitative estimate of drug-likeness (QED) is 0.575. The Morgan fingerprint density at radius 1 is 0.750 bits per heavy atom. The third kappa shape index (κ3) is 5.96. The molecular weight excluding hydrogens is 191 g/mol. The van der Waals surface area contributed by atoms with Crippen LogP contribution in [-0.2, 0) is 0 Å². The molecule has 1 aliphatic rings. The Labute approximate surface area is 104 Å². The van der Waals surface area contributed by atoms with Crippen LogP contribution in [0.25, 0.3) is 0 Å². The highest BCUT2D eigenvalue weighted by molar-refractivity contribution is 6.39. The van der Waals surface area contributed by atoms with Gasteiger partial charge in [0.2, 0.25) is 0 Å². The van der Waals surface area contributed by atoms with E-state index < -0.39 is 0 Å². The fourth-order valence-electron chi connectivity index (χ4n) is 2.93. The minimum absolute atomic E-state index is 0.871. The van der Waals surface area contributed by atoms with E-state index in [1.54, 1.807) is 0 Å². The summed E-state index contributed by atoms with van der Waals surface area (Å²) in [6, 6.07) is 0. The zero-order valence-corrected chi connectivity index (χ0v) is 11.8. The van der Waals surface area contributed by atoms with Crippen molar-refractivity contribution in [1.29, 1.82) is 0 Å². The van der Waals surface area contributed by atoms with Crippen LogP contribution in [0.15, 0.2) is 0 Å². The number of hydrogen-bond acceptors (Lipinski definition) is 0. The van der Waals surface area contributed by atoms with E-state index in [0.29, 0.717) is 0 Å². The van der Waals surface area contributed by atoms with Crippen molar-refractivity contribution < 1.29 is 0 Å². The van der Waals surface area contributed by atoms with Gasteiger partial charge in [-0.25, -0.2) is 0 Å². The lowest BCUT2D eigenvalue weighted by Gasteiger charge is -2.23. The van der Waals surface area contributed by atoms with E-state index >= 15 is 0 Å². The first kappa shape index (κ1) is 14.1. The van der Waals surface area contributed by atoms with Crippen LogP contribution in [0.4, 0.5) is 0 Å². The van der Waals surface area contributed by atoms with Gasteiger partial charge in [-0.2, -0.15) is 0 Å². The highest BCUT2D eigenvalue weighted by atomic mass is 14.1. The van der Waals surface area contributed by atoms with Crippen molar-refractivity contribution in [3.63, 3.8) is 0 Å². The van der Waals surface area contributed by atoms with Crippen molar-refractivity contribution in [1.82, 2.24) is 0 Å². The maximum absolute atomic E-state index is 2.45. The maximum Gasteiger partial charge on any atom is 0.127 e. The second kappa shape index (κ2) is 8.20. The Morgan fingerprint density at radius 2 is 1.19 bits per heavy atom. The summed E-state index contributed by atoms with van der Waals surface area (Å²) in [6.07, 6.45) is 13.5. The first-order valence-corrected chi connectivity index (χ1v) is 7.70. The zero-order chi connectivity index (χ0) is 11.8. The van der Waals surface area contributed by atoms with E-state index in [1.165, 1.54) is 65.1 Å². The molecule has 0 aromatic heterocycles. The average Bonchev–Trinajstić information content (AvgIpc) is 2.27. The predicted octanol–water partition coefficient (Wildman–Crippen LogP) is 5.20. The van der Waals surface area contributed by atoms with Crippen molar-refractivity contribution in [2.24, 2.45) is 5.92 Å². The standard InChI is InChI=1S/C15H31B/c1-13(2)14(3)16-15-11-9-7-5-4-6-8-10-12-15/h13-16H,4-12H2,1-3H3. The van der Waals surface area contributed by atoms with E-state index in [2.05, 4.69) is 20.8 Å². The molecular formula is C15H31B. The van der Waals surface area contributed by atoms with Crippen molar-refractivity contribution in [2.75, 3.05) is 0 Å². The van der Waals surface area contributed by atoms with E-state index in [-0.39, 0.29) is 0 Å². The second-order valence-corrected chi connectivity index (χ2v) is 6.38. The van der Waals surface area contributed by atoms with Gasteiger partial charge in [0.05, 0.1) is 0 Å². The molecule has 0 spiro atoms. The van der Waals surface area contributed by atoms with Crippen molar-refractivity contribution in [2.45, 2.75) is 90.2 Å². The monoisotopic (exact) mass is 222 g/mol. The van der Waals surface area contributed by atoms with E-state index in [1.807, 2.05) is 0 Å². The van der Waals surface area contributed by atoms with Crippen LogP contribution < -0.4 is 0 Å². The number of hydrogen-bond donors (Lipinski definition) is 0. The smallest absolute Gasteiger partial charge is 0.0691 e. The summed E-state index contributed by atoms with van der Waals surface area (Å²) in [5.41, 5.74) is 0. The first-order valence-electron chi connectivity index (χ1n) is 7.70. The topological polar surface area (TPSA) is 0 Å². The van der Waals surface area contributed by atoms with Crippen molar-refractivity contribution >= 4 is 7.28 Å². The molecule has 1 fully saturated rings. The fraction of sp³-hybridized carbons (Fsp3) is 1.00. The molecule has 0 aromatic rings. The molecule has 0 bridgehead atoms. The van der Waals surface area contributed by atoms with Gasteiger partial charge in [-0.05, 0) is 0 Å². The van der Waals surface area contributed by atoms with Crippen molar-refractivity contribution in [3.05, 3.63) is 0 Å². The molecule has 1 heteroatoms.